The van der Waals surface area contributed by atoms with E-state index in [1.54, 1.807) is 4.68 Å². The summed E-state index contributed by atoms with van der Waals surface area (Å²) in [6, 6.07) is 0. The van der Waals surface area contributed by atoms with Gasteiger partial charge in [0.25, 0.3) is 0 Å². The Morgan fingerprint density at radius 3 is 3.00 bits per heavy atom. The third-order valence-electron chi connectivity index (χ3n) is 3.05. The van der Waals surface area contributed by atoms with E-state index in [2.05, 4.69) is 11.2 Å². The van der Waals surface area contributed by atoms with Crippen LogP contribution in [0, 0.1) is 0 Å². The number of carbonyl (C=O) groups is 1. The minimum atomic E-state index is 0.323. The first kappa shape index (κ1) is 11.1. The maximum atomic E-state index is 11.9. The van der Waals surface area contributed by atoms with Gasteiger partial charge in [-0.1, -0.05) is 6.08 Å². The molecule has 0 saturated carbocycles. The Bertz CT molecular complexity index is 404. The highest BCUT2D eigenvalue weighted by Crippen LogP contribution is 2.19. The fourth-order valence-corrected chi connectivity index (χ4v) is 2.11. The SMILES string of the molecule is Cn1cc(CCC(=O)C2=CCCCC2)cn1. The molecular formula is C13H18N2O. The highest BCUT2D eigenvalue weighted by molar-refractivity contribution is 5.95. The topological polar surface area (TPSA) is 34.9 Å². The van der Waals surface area contributed by atoms with E-state index < -0.39 is 0 Å². The standard InChI is InChI=1S/C13H18N2O/c1-15-10-11(9-14-15)7-8-13(16)12-5-3-2-4-6-12/h5,9-10H,2-4,6-8H2,1H3. The zero-order valence-corrected chi connectivity index (χ0v) is 9.78. The lowest BCUT2D eigenvalue weighted by Crippen LogP contribution is -2.06. The molecule has 0 amide bonds. The van der Waals surface area contributed by atoms with Gasteiger partial charge in [-0.15, -0.1) is 0 Å². The van der Waals surface area contributed by atoms with Gasteiger partial charge in [-0.2, -0.15) is 5.10 Å². The largest absolute Gasteiger partial charge is 0.295 e. The third kappa shape index (κ3) is 2.81. The summed E-state index contributed by atoms with van der Waals surface area (Å²) in [4.78, 5) is 11.9. The Hall–Kier alpha value is -1.38. The lowest BCUT2D eigenvalue weighted by Gasteiger charge is -2.10. The van der Waals surface area contributed by atoms with Crippen LogP contribution in [0.25, 0.3) is 0 Å². The van der Waals surface area contributed by atoms with Crippen LogP contribution in [0.4, 0.5) is 0 Å². The van der Waals surface area contributed by atoms with Crippen LogP contribution in [-0.4, -0.2) is 15.6 Å². The molecule has 1 aromatic rings. The number of hydrogen-bond acceptors (Lipinski definition) is 2. The van der Waals surface area contributed by atoms with Gasteiger partial charge in [-0.05, 0) is 43.2 Å². The second kappa shape index (κ2) is 5.10. The molecule has 2 rings (SSSR count). The van der Waals surface area contributed by atoms with Gasteiger partial charge in [-0.25, -0.2) is 0 Å². The first-order valence-electron chi connectivity index (χ1n) is 5.95. The Labute approximate surface area is 96.2 Å². The predicted molar refractivity (Wildman–Crippen MR) is 63.1 cm³/mol. The van der Waals surface area contributed by atoms with Crippen molar-refractivity contribution in [2.45, 2.75) is 38.5 Å². The molecule has 0 radical (unpaired) electrons. The van der Waals surface area contributed by atoms with Crippen molar-refractivity contribution in [1.82, 2.24) is 9.78 Å². The Balaban J connectivity index is 1.86. The molecule has 0 fully saturated rings. The molecule has 0 aromatic carbocycles. The third-order valence-corrected chi connectivity index (χ3v) is 3.05. The summed E-state index contributed by atoms with van der Waals surface area (Å²) in [7, 11) is 1.90. The Morgan fingerprint density at radius 2 is 2.38 bits per heavy atom. The molecule has 1 aliphatic carbocycles. The zero-order valence-electron chi connectivity index (χ0n) is 9.78. The average Bonchev–Trinajstić information content (AvgIpc) is 2.73. The van der Waals surface area contributed by atoms with E-state index in [1.807, 2.05) is 19.4 Å². The number of carbonyl (C=O) groups excluding carboxylic acids is 1. The molecule has 1 aliphatic rings. The molecule has 0 atom stereocenters. The molecule has 3 nitrogen and oxygen atoms in total. The first-order valence-corrected chi connectivity index (χ1v) is 5.95. The molecule has 0 spiro atoms. The van der Waals surface area contributed by atoms with Gasteiger partial charge in [0.05, 0.1) is 6.20 Å². The van der Waals surface area contributed by atoms with Crippen molar-refractivity contribution in [2.24, 2.45) is 7.05 Å². The van der Waals surface area contributed by atoms with E-state index in [0.29, 0.717) is 12.2 Å². The zero-order chi connectivity index (χ0) is 11.4. The molecule has 0 unspecified atom stereocenters. The van der Waals surface area contributed by atoms with Crippen molar-refractivity contribution >= 4 is 5.78 Å². The predicted octanol–water partition coefficient (Wildman–Crippen LogP) is 2.42. The van der Waals surface area contributed by atoms with Crippen LogP contribution in [0.5, 0.6) is 0 Å². The summed E-state index contributed by atoms with van der Waals surface area (Å²) < 4.78 is 1.78. The molecule has 0 aliphatic heterocycles. The molecule has 0 saturated heterocycles. The van der Waals surface area contributed by atoms with Crippen molar-refractivity contribution in [3.05, 3.63) is 29.6 Å². The van der Waals surface area contributed by atoms with E-state index >= 15 is 0 Å². The summed E-state index contributed by atoms with van der Waals surface area (Å²) in [6.45, 7) is 0. The number of ketones is 1. The van der Waals surface area contributed by atoms with Gasteiger partial charge in [0, 0.05) is 19.7 Å². The van der Waals surface area contributed by atoms with Crippen molar-refractivity contribution in [3.63, 3.8) is 0 Å². The minimum Gasteiger partial charge on any atom is -0.295 e. The van der Waals surface area contributed by atoms with Crippen LogP contribution >= 0.6 is 0 Å². The molecule has 1 aromatic heterocycles. The second-order valence-corrected chi connectivity index (χ2v) is 4.42. The van der Waals surface area contributed by atoms with E-state index in [0.717, 1.165) is 30.4 Å². The van der Waals surface area contributed by atoms with E-state index in [4.69, 9.17) is 0 Å². The highest BCUT2D eigenvalue weighted by Gasteiger charge is 2.12. The number of nitrogens with zero attached hydrogens (tertiary/aromatic N) is 2. The van der Waals surface area contributed by atoms with Crippen LogP contribution in [0.3, 0.4) is 0 Å². The van der Waals surface area contributed by atoms with Crippen molar-refractivity contribution in [2.75, 3.05) is 0 Å². The monoisotopic (exact) mass is 218 g/mol. The normalized spacial score (nSPS) is 15.9. The summed E-state index contributed by atoms with van der Waals surface area (Å²) in [6.07, 6.45) is 11.8. The van der Waals surface area contributed by atoms with Gasteiger partial charge >= 0.3 is 0 Å². The number of Topliss-reactive ketones (excluding diaryl/α,β-unsaturated/α-hetero) is 1. The van der Waals surface area contributed by atoms with Gasteiger partial charge in [0.1, 0.15) is 0 Å². The van der Waals surface area contributed by atoms with Crippen LogP contribution in [0.15, 0.2) is 24.0 Å². The second-order valence-electron chi connectivity index (χ2n) is 4.42. The van der Waals surface area contributed by atoms with Crippen LogP contribution in [-0.2, 0) is 18.3 Å². The fraction of sp³-hybridized carbons (Fsp3) is 0.538. The fourth-order valence-electron chi connectivity index (χ4n) is 2.11. The molecule has 0 bridgehead atoms. The molecule has 3 heteroatoms. The lowest BCUT2D eigenvalue weighted by atomic mass is 9.94. The molecule has 16 heavy (non-hydrogen) atoms. The first-order chi connectivity index (χ1) is 7.75. The number of allylic oxidation sites excluding steroid dienone is 2. The van der Waals surface area contributed by atoms with Crippen LogP contribution in [0.1, 0.15) is 37.7 Å². The summed E-state index contributed by atoms with van der Waals surface area (Å²) >= 11 is 0. The van der Waals surface area contributed by atoms with Gasteiger partial charge in [-0.3, -0.25) is 9.48 Å². The molecule has 86 valence electrons. The van der Waals surface area contributed by atoms with E-state index in [-0.39, 0.29) is 0 Å². The van der Waals surface area contributed by atoms with E-state index in [1.165, 1.54) is 12.8 Å². The van der Waals surface area contributed by atoms with Gasteiger partial charge in [0.15, 0.2) is 5.78 Å². The smallest absolute Gasteiger partial charge is 0.158 e. The lowest BCUT2D eigenvalue weighted by molar-refractivity contribution is -0.115. The van der Waals surface area contributed by atoms with E-state index in [9.17, 15) is 4.79 Å². The Morgan fingerprint density at radius 1 is 1.50 bits per heavy atom. The average molecular weight is 218 g/mol. The number of aromatic nitrogens is 2. The molecular weight excluding hydrogens is 200 g/mol. The quantitative estimate of drug-likeness (QED) is 0.778. The van der Waals surface area contributed by atoms with Crippen molar-refractivity contribution < 1.29 is 4.79 Å². The van der Waals surface area contributed by atoms with Crippen molar-refractivity contribution in [1.29, 1.82) is 0 Å². The van der Waals surface area contributed by atoms with Crippen LogP contribution < -0.4 is 0 Å². The maximum Gasteiger partial charge on any atom is 0.158 e. The number of aryl methyl sites for hydroxylation is 2. The number of rotatable bonds is 4. The van der Waals surface area contributed by atoms with Gasteiger partial charge in [0.2, 0.25) is 0 Å². The van der Waals surface area contributed by atoms with Crippen molar-refractivity contribution in [3.8, 4) is 0 Å². The highest BCUT2D eigenvalue weighted by atomic mass is 16.1. The molecule has 0 N–H and O–H groups in total. The molecule has 1 heterocycles. The number of hydrogen-bond donors (Lipinski definition) is 0. The summed E-state index contributed by atoms with van der Waals surface area (Å²) in [5, 5.41) is 4.10. The van der Waals surface area contributed by atoms with Gasteiger partial charge < -0.3 is 0 Å². The summed E-state index contributed by atoms with van der Waals surface area (Å²) in [5.41, 5.74) is 2.20. The minimum absolute atomic E-state index is 0.323. The summed E-state index contributed by atoms with van der Waals surface area (Å²) in [5.74, 6) is 0.323. The Kier molecular flexibility index (Phi) is 3.54. The van der Waals surface area contributed by atoms with Crippen LogP contribution in [0.2, 0.25) is 0 Å². The maximum absolute atomic E-state index is 11.9.